The van der Waals surface area contributed by atoms with Crippen LogP contribution in [0.5, 0.6) is 0 Å². The van der Waals surface area contributed by atoms with Gasteiger partial charge in [0.2, 0.25) is 0 Å². The molecule has 3 aromatic carbocycles. The maximum absolute atomic E-state index is 6.40. The lowest BCUT2D eigenvalue weighted by atomic mass is 9.94. The Morgan fingerprint density at radius 1 is 0.725 bits per heavy atom. The van der Waals surface area contributed by atoms with Crippen molar-refractivity contribution in [2.45, 2.75) is 79.2 Å². The molecule has 1 aliphatic heterocycles. The van der Waals surface area contributed by atoms with Gasteiger partial charge < -0.3 is 27.0 Å². The molecule has 51 heavy (non-hydrogen) atoms. The summed E-state index contributed by atoms with van der Waals surface area (Å²) in [7, 11) is 0. The van der Waals surface area contributed by atoms with Crippen LogP contribution in [0.15, 0.2) is 124 Å². The summed E-state index contributed by atoms with van der Waals surface area (Å²) in [6.07, 6.45) is 15.4. The Morgan fingerprint density at radius 2 is 1.35 bits per heavy atom. The number of allylic oxidation sites excluding steroid dienone is 5. The molecule has 3 aromatic rings. The van der Waals surface area contributed by atoms with Crippen molar-refractivity contribution >= 4 is 45.5 Å². The standard InChI is InChI=1S/C44H53N7/c1-28-21-39(30(3)20-35(28)45)49-40-24-31(4)37(23-33(40)6)47-18-14-9-7-8-10-15-19-48-38-27-44-42(25-32(38)5)50-41-22-29(2)36(46)26-43(41)51(44)34-16-12-11-13-17-34/h11-13,16-17,20-27,43,47-48H,3,7-10,14-15,18-19,45-46H2,1-2,4-6H3. The van der Waals surface area contributed by atoms with E-state index in [0.29, 0.717) is 0 Å². The fraction of sp³-hybridized carbons (Fsp3) is 0.318. The number of nitrogens with one attached hydrogen (secondary N) is 2. The van der Waals surface area contributed by atoms with E-state index in [4.69, 9.17) is 21.5 Å². The predicted octanol–water partition coefficient (Wildman–Crippen LogP) is 10.3. The van der Waals surface area contributed by atoms with E-state index < -0.39 is 0 Å². The zero-order valence-electron chi connectivity index (χ0n) is 30.9. The molecule has 1 atom stereocenters. The van der Waals surface area contributed by atoms with Gasteiger partial charge in [-0.25, -0.2) is 9.98 Å². The number of hydrogen-bond acceptors (Lipinski definition) is 7. The molecule has 0 radical (unpaired) electrons. The number of hydrogen-bond donors (Lipinski definition) is 4. The predicted molar refractivity (Wildman–Crippen MR) is 220 cm³/mol. The molecular weight excluding hydrogens is 627 g/mol. The van der Waals surface area contributed by atoms with Crippen molar-refractivity contribution in [1.82, 2.24) is 0 Å². The number of fused-ring (bicyclic) bond motifs is 2. The lowest BCUT2D eigenvalue weighted by Crippen LogP contribution is -2.40. The largest absolute Gasteiger partial charge is 0.399 e. The number of benzene rings is 3. The zero-order valence-corrected chi connectivity index (χ0v) is 30.9. The highest BCUT2D eigenvalue weighted by Gasteiger charge is 2.32. The average Bonchev–Trinajstić information content (AvgIpc) is 3.10. The molecule has 0 amide bonds. The molecule has 0 fully saturated rings. The second-order valence-electron chi connectivity index (χ2n) is 14.2. The Bertz CT molecular complexity index is 1990. The van der Waals surface area contributed by atoms with Crippen molar-refractivity contribution in [3.8, 4) is 0 Å². The van der Waals surface area contributed by atoms with Crippen LogP contribution in [0.2, 0.25) is 0 Å². The van der Waals surface area contributed by atoms with Gasteiger partial charge in [-0.15, -0.1) is 0 Å². The lowest BCUT2D eigenvalue weighted by molar-refractivity contribution is 0.610. The first-order valence-corrected chi connectivity index (χ1v) is 18.4. The maximum Gasteiger partial charge on any atom is 0.0969 e. The molecule has 2 aliphatic carbocycles. The molecule has 0 aromatic heterocycles. The summed E-state index contributed by atoms with van der Waals surface area (Å²) in [5.41, 5.74) is 28.9. The van der Waals surface area contributed by atoms with Gasteiger partial charge in [-0.1, -0.05) is 50.5 Å². The number of rotatable bonds is 13. The normalized spacial score (nSPS) is 17.5. The number of para-hydroxylation sites is 1. The van der Waals surface area contributed by atoms with E-state index >= 15 is 0 Å². The summed E-state index contributed by atoms with van der Waals surface area (Å²) in [5.74, 6) is 0. The smallest absolute Gasteiger partial charge is 0.0969 e. The van der Waals surface area contributed by atoms with Crippen LogP contribution >= 0.6 is 0 Å². The van der Waals surface area contributed by atoms with Crippen molar-refractivity contribution in [2.75, 3.05) is 28.6 Å². The quantitative estimate of drug-likeness (QED) is 0.135. The number of nitrogens with zero attached hydrogens (tertiary/aromatic N) is 3. The van der Waals surface area contributed by atoms with Crippen LogP contribution in [0.3, 0.4) is 0 Å². The van der Waals surface area contributed by atoms with E-state index in [0.717, 1.165) is 93.8 Å². The van der Waals surface area contributed by atoms with Crippen LogP contribution in [0.25, 0.3) is 0 Å². The molecule has 0 spiro atoms. The molecule has 6 rings (SSSR count). The highest BCUT2D eigenvalue weighted by atomic mass is 15.2. The van der Waals surface area contributed by atoms with E-state index in [1.807, 2.05) is 26.0 Å². The van der Waals surface area contributed by atoms with Crippen LogP contribution in [-0.2, 0) is 0 Å². The SMILES string of the molecule is C=C1C=C(N)C(C)=CC1=Nc1cc(C)c(NCCCCCCCCNc2cc3c(cc2C)N=C2C=C(C)C(N)=CC2N3c2ccccc2)cc1C. The fourth-order valence-corrected chi connectivity index (χ4v) is 6.92. The summed E-state index contributed by atoms with van der Waals surface area (Å²) >= 11 is 0. The molecule has 3 aliphatic rings. The Hall–Kier alpha value is -5.30. The van der Waals surface area contributed by atoms with Gasteiger partial charge in [-0.05, 0) is 142 Å². The second kappa shape index (κ2) is 15.7. The van der Waals surface area contributed by atoms with Gasteiger partial charge in [0.15, 0.2) is 0 Å². The molecule has 6 N–H and O–H groups in total. The van der Waals surface area contributed by atoms with E-state index in [2.05, 4.69) is 110 Å². The Morgan fingerprint density at radius 3 is 2.06 bits per heavy atom. The van der Waals surface area contributed by atoms with Crippen LogP contribution in [0.4, 0.5) is 34.1 Å². The third kappa shape index (κ3) is 8.20. The van der Waals surface area contributed by atoms with Crippen LogP contribution in [-0.4, -0.2) is 30.6 Å². The highest BCUT2D eigenvalue weighted by Crippen LogP contribution is 2.44. The highest BCUT2D eigenvalue weighted by molar-refractivity contribution is 6.13. The molecule has 7 nitrogen and oxygen atoms in total. The van der Waals surface area contributed by atoms with Crippen LogP contribution in [0, 0.1) is 20.8 Å². The minimum Gasteiger partial charge on any atom is -0.399 e. The number of anilines is 4. The molecule has 7 heteroatoms. The minimum atomic E-state index is -0.0308. The molecule has 264 valence electrons. The van der Waals surface area contributed by atoms with Gasteiger partial charge in [0.05, 0.1) is 34.5 Å². The first-order valence-electron chi connectivity index (χ1n) is 18.4. The van der Waals surface area contributed by atoms with Gasteiger partial charge in [0, 0.05) is 41.5 Å². The second-order valence-corrected chi connectivity index (χ2v) is 14.2. The summed E-state index contributed by atoms with van der Waals surface area (Å²) in [4.78, 5) is 12.4. The fourth-order valence-electron chi connectivity index (χ4n) is 6.92. The number of aryl methyl sites for hydroxylation is 3. The van der Waals surface area contributed by atoms with E-state index in [9.17, 15) is 0 Å². The number of aliphatic imine (C=N–C) groups is 2. The van der Waals surface area contributed by atoms with Gasteiger partial charge in [0.1, 0.15) is 0 Å². The van der Waals surface area contributed by atoms with Gasteiger partial charge in [0.25, 0.3) is 0 Å². The minimum absolute atomic E-state index is 0.0308. The average molecular weight is 680 g/mol. The molecule has 1 unspecified atom stereocenters. The molecule has 0 bridgehead atoms. The van der Waals surface area contributed by atoms with Crippen LogP contribution < -0.4 is 27.0 Å². The summed E-state index contributed by atoms with van der Waals surface area (Å²) in [6, 6.07) is 19.4. The van der Waals surface area contributed by atoms with Gasteiger partial charge >= 0.3 is 0 Å². The number of nitrogens with two attached hydrogens (primary N) is 2. The Balaban J connectivity index is 0.953. The van der Waals surface area contributed by atoms with Gasteiger partial charge in [-0.3, -0.25) is 0 Å². The Kier molecular flexibility index (Phi) is 10.9. The van der Waals surface area contributed by atoms with E-state index in [-0.39, 0.29) is 6.04 Å². The third-order valence-corrected chi connectivity index (χ3v) is 10.1. The molecule has 0 saturated carbocycles. The monoisotopic (exact) mass is 679 g/mol. The topological polar surface area (TPSA) is 104 Å². The van der Waals surface area contributed by atoms with Crippen molar-refractivity contribution in [1.29, 1.82) is 0 Å². The first-order chi connectivity index (χ1) is 24.6. The zero-order chi connectivity index (χ0) is 36.1. The van der Waals surface area contributed by atoms with Gasteiger partial charge in [-0.2, -0.15) is 0 Å². The third-order valence-electron chi connectivity index (χ3n) is 10.1. The van der Waals surface area contributed by atoms with Crippen molar-refractivity contribution in [2.24, 2.45) is 21.5 Å². The summed E-state index contributed by atoms with van der Waals surface area (Å²) < 4.78 is 0. The number of unbranched alkanes of at least 4 members (excludes halogenated alkanes) is 5. The van der Waals surface area contributed by atoms with Crippen LogP contribution in [0.1, 0.15) is 69.1 Å². The lowest BCUT2D eigenvalue weighted by Gasteiger charge is -2.38. The molecule has 1 heterocycles. The van der Waals surface area contributed by atoms with E-state index in [1.165, 1.54) is 48.2 Å². The van der Waals surface area contributed by atoms with E-state index in [1.54, 1.807) is 0 Å². The summed E-state index contributed by atoms with van der Waals surface area (Å²) in [6.45, 7) is 16.5. The summed E-state index contributed by atoms with van der Waals surface area (Å²) in [5, 5.41) is 7.39. The van der Waals surface area contributed by atoms with Crippen molar-refractivity contribution < 1.29 is 0 Å². The molecule has 0 saturated heterocycles. The first kappa shape index (κ1) is 35.5. The Labute approximate surface area is 304 Å². The maximum atomic E-state index is 6.40. The molecular formula is C44H53N7. The van der Waals surface area contributed by atoms with Crippen molar-refractivity contribution in [3.05, 3.63) is 130 Å². The van der Waals surface area contributed by atoms with Crippen molar-refractivity contribution in [3.63, 3.8) is 0 Å².